The van der Waals surface area contributed by atoms with Crippen molar-refractivity contribution >= 4 is 0 Å². The van der Waals surface area contributed by atoms with E-state index in [9.17, 15) is 0 Å². The predicted octanol–water partition coefficient (Wildman–Crippen LogP) is 4.11. The van der Waals surface area contributed by atoms with Gasteiger partial charge in [-0.25, -0.2) is 0 Å². The molecule has 0 aromatic heterocycles. The summed E-state index contributed by atoms with van der Waals surface area (Å²) in [6, 6.07) is 5.25. The molecule has 4 heteroatoms. The molecule has 0 spiro atoms. The highest BCUT2D eigenvalue weighted by Gasteiger charge is 2.12. The Labute approximate surface area is 125 Å². The first-order valence-electron chi connectivity index (χ1n) is 6.48. The number of hydrogen-bond acceptors (Lipinski definition) is 4. The summed E-state index contributed by atoms with van der Waals surface area (Å²) in [7, 11) is 1.56. The van der Waals surface area contributed by atoms with Crippen molar-refractivity contribution < 1.29 is 14.2 Å². The topological polar surface area (TPSA) is 51.5 Å². The second-order valence-corrected chi connectivity index (χ2v) is 4.17. The first-order valence-corrected chi connectivity index (χ1v) is 6.48. The maximum atomic E-state index is 8.71. The van der Waals surface area contributed by atoms with Crippen molar-refractivity contribution in [1.29, 1.82) is 5.26 Å². The van der Waals surface area contributed by atoms with Crippen molar-refractivity contribution in [1.82, 2.24) is 0 Å². The minimum Gasteiger partial charge on any atom is -0.496 e. The molecule has 0 fully saturated rings. The van der Waals surface area contributed by atoms with E-state index in [-0.39, 0.29) is 6.61 Å². The molecule has 1 aromatic rings. The summed E-state index contributed by atoms with van der Waals surface area (Å²) in [5, 5.41) is 8.71. The van der Waals surface area contributed by atoms with Gasteiger partial charge in [0.2, 0.25) is 0 Å². The Morgan fingerprint density at radius 3 is 2.67 bits per heavy atom. The van der Waals surface area contributed by atoms with Crippen LogP contribution in [-0.2, 0) is 11.3 Å². The second-order valence-electron chi connectivity index (χ2n) is 4.17. The monoisotopic (exact) mass is 285 g/mol. The molecule has 4 nitrogen and oxygen atoms in total. The van der Waals surface area contributed by atoms with Gasteiger partial charge in [0.1, 0.15) is 18.1 Å². The Morgan fingerprint density at radius 2 is 2.10 bits per heavy atom. The molecule has 110 valence electrons. The average Bonchev–Trinajstić information content (AvgIpc) is 2.51. The Bertz CT molecular complexity index is 595. The van der Waals surface area contributed by atoms with Gasteiger partial charge in [0, 0.05) is 0 Å². The fourth-order valence-corrected chi connectivity index (χ4v) is 1.72. The third-order valence-electron chi connectivity index (χ3n) is 2.85. The molecule has 0 atom stereocenters. The molecule has 21 heavy (non-hydrogen) atoms. The van der Waals surface area contributed by atoms with E-state index in [2.05, 4.69) is 6.58 Å². The van der Waals surface area contributed by atoms with E-state index in [0.29, 0.717) is 22.8 Å². The van der Waals surface area contributed by atoms with Crippen LogP contribution in [0.15, 0.2) is 54.3 Å². The molecule has 0 saturated carbocycles. The number of nitriles is 1. The van der Waals surface area contributed by atoms with Crippen LogP contribution in [0.2, 0.25) is 0 Å². The number of allylic oxidation sites excluding steroid dienone is 4. The summed E-state index contributed by atoms with van der Waals surface area (Å²) >= 11 is 0. The zero-order chi connectivity index (χ0) is 15.7. The SMILES string of the molecule is C=C/C(C)=C(\C=C/C)OCc1c(OC)cccc1OC#N. The summed E-state index contributed by atoms with van der Waals surface area (Å²) in [4.78, 5) is 0. The molecule has 0 aliphatic heterocycles. The van der Waals surface area contributed by atoms with Gasteiger partial charge in [-0.15, -0.1) is 5.26 Å². The molecule has 0 amide bonds. The molecule has 0 heterocycles. The number of rotatable bonds is 7. The number of benzene rings is 1. The van der Waals surface area contributed by atoms with Crippen LogP contribution >= 0.6 is 0 Å². The van der Waals surface area contributed by atoms with Gasteiger partial charge in [0.15, 0.2) is 5.75 Å². The molecule has 1 aromatic carbocycles. The fraction of sp³-hybridized carbons (Fsp3) is 0.235. The fourth-order valence-electron chi connectivity index (χ4n) is 1.72. The van der Waals surface area contributed by atoms with E-state index < -0.39 is 0 Å². The van der Waals surface area contributed by atoms with Crippen LogP contribution in [0.1, 0.15) is 19.4 Å². The molecule has 0 N–H and O–H groups in total. The van der Waals surface area contributed by atoms with Gasteiger partial charge < -0.3 is 14.2 Å². The number of methoxy groups -OCH3 is 1. The van der Waals surface area contributed by atoms with Gasteiger partial charge in [-0.1, -0.05) is 24.8 Å². The van der Waals surface area contributed by atoms with E-state index in [1.807, 2.05) is 26.0 Å². The minimum atomic E-state index is 0.228. The summed E-state index contributed by atoms with van der Waals surface area (Å²) in [6.45, 7) is 7.79. The molecule has 0 radical (unpaired) electrons. The molecule has 0 bridgehead atoms. The zero-order valence-corrected chi connectivity index (χ0v) is 12.6. The molecule has 0 unspecified atom stereocenters. The summed E-state index contributed by atoms with van der Waals surface area (Å²) in [6.07, 6.45) is 7.14. The van der Waals surface area contributed by atoms with Gasteiger partial charge in [-0.3, -0.25) is 0 Å². The lowest BCUT2D eigenvalue weighted by Gasteiger charge is -2.14. The Balaban J connectivity index is 3.07. The molecule has 0 saturated heterocycles. The van der Waals surface area contributed by atoms with Crippen LogP contribution in [0, 0.1) is 11.5 Å². The average molecular weight is 285 g/mol. The normalized spacial score (nSPS) is 11.5. The number of hydrogen-bond donors (Lipinski definition) is 0. The third kappa shape index (κ3) is 4.43. The van der Waals surface area contributed by atoms with Gasteiger partial charge >= 0.3 is 0 Å². The number of nitrogens with zero attached hydrogens (tertiary/aromatic N) is 1. The van der Waals surface area contributed by atoms with Crippen molar-refractivity contribution in [2.45, 2.75) is 20.5 Å². The van der Waals surface area contributed by atoms with Gasteiger partial charge in [-0.05, 0) is 37.6 Å². The third-order valence-corrected chi connectivity index (χ3v) is 2.85. The molecule has 0 aliphatic rings. The highest BCUT2D eigenvalue weighted by atomic mass is 16.5. The molecular weight excluding hydrogens is 266 g/mol. The van der Waals surface area contributed by atoms with E-state index in [1.54, 1.807) is 37.6 Å². The van der Waals surface area contributed by atoms with Gasteiger partial charge in [0.05, 0.1) is 12.7 Å². The second kappa shape index (κ2) is 8.49. The lowest BCUT2D eigenvalue weighted by Crippen LogP contribution is -2.00. The molecule has 0 aliphatic carbocycles. The first kappa shape index (κ1) is 16.4. The molecular formula is C17H19NO3. The maximum Gasteiger partial charge on any atom is 0.292 e. The van der Waals surface area contributed by atoms with Crippen molar-refractivity contribution in [3.05, 3.63) is 59.9 Å². The summed E-state index contributed by atoms with van der Waals surface area (Å²) in [5.41, 5.74) is 1.60. The summed E-state index contributed by atoms with van der Waals surface area (Å²) in [5.74, 6) is 1.74. The maximum absolute atomic E-state index is 8.71. The van der Waals surface area contributed by atoms with E-state index in [0.717, 1.165) is 5.57 Å². The quantitative estimate of drug-likeness (QED) is 0.430. The van der Waals surface area contributed by atoms with Crippen LogP contribution in [0.5, 0.6) is 11.5 Å². The van der Waals surface area contributed by atoms with Crippen molar-refractivity contribution in [3.8, 4) is 17.8 Å². The van der Waals surface area contributed by atoms with Gasteiger partial charge in [-0.2, -0.15) is 0 Å². The Kier molecular flexibility index (Phi) is 6.62. The lowest BCUT2D eigenvalue weighted by atomic mass is 10.2. The number of ether oxygens (including phenoxy) is 3. The summed E-state index contributed by atoms with van der Waals surface area (Å²) < 4.78 is 16.0. The lowest BCUT2D eigenvalue weighted by molar-refractivity contribution is 0.202. The van der Waals surface area contributed by atoms with E-state index in [1.165, 1.54) is 0 Å². The zero-order valence-electron chi connectivity index (χ0n) is 12.6. The van der Waals surface area contributed by atoms with Gasteiger partial charge in [0.25, 0.3) is 6.26 Å². The highest BCUT2D eigenvalue weighted by molar-refractivity contribution is 5.45. The largest absolute Gasteiger partial charge is 0.496 e. The van der Waals surface area contributed by atoms with E-state index in [4.69, 9.17) is 19.5 Å². The molecule has 1 rings (SSSR count). The standard InChI is InChI=1S/C17H19NO3/c1-5-8-15(13(3)6-2)20-11-14-16(19-4)9-7-10-17(14)21-12-18/h5-10H,2,11H2,1,3-4H3/b8-5-,15-13+. The predicted molar refractivity (Wildman–Crippen MR) is 81.7 cm³/mol. The smallest absolute Gasteiger partial charge is 0.292 e. The van der Waals surface area contributed by atoms with Crippen LogP contribution in [0.4, 0.5) is 0 Å². The van der Waals surface area contributed by atoms with Crippen molar-refractivity contribution in [2.75, 3.05) is 7.11 Å². The van der Waals surface area contributed by atoms with Crippen LogP contribution < -0.4 is 9.47 Å². The van der Waals surface area contributed by atoms with Crippen LogP contribution in [0.3, 0.4) is 0 Å². The highest BCUT2D eigenvalue weighted by Crippen LogP contribution is 2.30. The van der Waals surface area contributed by atoms with E-state index >= 15 is 0 Å². The Hall–Kier alpha value is -2.67. The van der Waals surface area contributed by atoms with Crippen molar-refractivity contribution in [3.63, 3.8) is 0 Å². The van der Waals surface area contributed by atoms with Crippen molar-refractivity contribution in [2.24, 2.45) is 0 Å². The first-order chi connectivity index (χ1) is 10.2. The Morgan fingerprint density at radius 1 is 1.38 bits per heavy atom. The van der Waals surface area contributed by atoms with Crippen LogP contribution in [0.25, 0.3) is 0 Å². The minimum absolute atomic E-state index is 0.228. The van der Waals surface area contributed by atoms with Crippen LogP contribution in [-0.4, -0.2) is 7.11 Å².